The topological polar surface area (TPSA) is 42.3 Å². The number of carbonyl (C=O) groups is 1. The van der Waals surface area contributed by atoms with E-state index in [0.717, 1.165) is 34.1 Å². The Morgan fingerprint density at radius 1 is 1.30 bits per heavy atom. The first-order valence-electron chi connectivity index (χ1n) is 6.87. The van der Waals surface area contributed by atoms with Gasteiger partial charge in [-0.2, -0.15) is 0 Å². The normalized spacial score (nSPS) is 11.0. The highest BCUT2D eigenvalue weighted by atomic mass is 32.1. The summed E-state index contributed by atoms with van der Waals surface area (Å²) in [6.07, 6.45) is -2.81. The van der Waals surface area contributed by atoms with Gasteiger partial charge in [-0.1, -0.05) is 11.3 Å². The second-order valence-corrected chi connectivity index (χ2v) is 5.74. The number of rotatable bonds is 6. The van der Waals surface area contributed by atoms with Crippen molar-refractivity contribution in [1.82, 2.24) is 4.57 Å². The number of amides is 1. The summed E-state index contributed by atoms with van der Waals surface area (Å²) in [6.45, 7) is 1.08. The fourth-order valence-corrected chi connectivity index (χ4v) is 2.89. The van der Waals surface area contributed by atoms with Gasteiger partial charge in [0.05, 0.1) is 6.54 Å². The van der Waals surface area contributed by atoms with Crippen molar-refractivity contribution >= 4 is 22.9 Å². The molecule has 1 heterocycles. The predicted octanol–water partition coefficient (Wildman–Crippen LogP) is 3.05. The summed E-state index contributed by atoms with van der Waals surface area (Å²) in [5, 5.41) is 1.67. The second-order valence-electron chi connectivity index (χ2n) is 4.92. The van der Waals surface area contributed by atoms with Gasteiger partial charge in [0, 0.05) is 29.7 Å². The van der Waals surface area contributed by atoms with Crippen LogP contribution in [0.4, 0.5) is 18.9 Å². The van der Waals surface area contributed by atoms with Crippen molar-refractivity contribution in [3.63, 3.8) is 0 Å². The van der Waals surface area contributed by atoms with Gasteiger partial charge < -0.3 is 9.47 Å². The van der Waals surface area contributed by atoms with Gasteiger partial charge in [0.15, 0.2) is 0 Å². The van der Waals surface area contributed by atoms with Crippen molar-refractivity contribution in [3.05, 3.63) is 50.8 Å². The number of aromatic nitrogens is 1. The Kier molecular flexibility index (Phi) is 5.59. The van der Waals surface area contributed by atoms with Crippen LogP contribution in [0.5, 0.6) is 0 Å². The Morgan fingerprint density at radius 3 is 2.48 bits per heavy atom. The largest absolute Gasteiger partial charge is 0.307 e. The molecule has 124 valence electrons. The fraction of sp³-hybridized carbons (Fsp3) is 0.333. The minimum Gasteiger partial charge on any atom is -0.307 e. The smallest absolute Gasteiger partial charge is 0.307 e. The molecular formula is C15H15F3N2O2S. The van der Waals surface area contributed by atoms with E-state index in [2.05, 4.69) is 0 Å². The van der Waals surface area contributed by atoms with Crippen molar-refractivity contribution in [2.75, 3.05) is 11.4 Å². The number of alkyl halides is 2. The van der Waals surface area contributed by atoms with E-state index < -0.39 is 24.7 Å². The van der Waals surface area contributed by atoms with Gasteiger partial charge in [-0.05, 0) is 31.2 Å². The minimum absolute atomic E-state index is 0.0957. The number of hydrogen-bond donors (Lipinski definition) is 0. The van der Waals surface area contributed by atoms with E-state index in [0.29, 0.717) is 0 Å². The lowest BCUT2D eigenvalue weighted by Crippen LogP contribution is -2.36. The van der Waals surface area contributed by atoms with E-state index in [4.69, 9.17) is 0 Å². The first kappa shape index (κ1) is 17.3. The molecule has 4 nitrogen and oxygen atoms in total. The molecule has 0 saturated heterocycles. The van der Waals surface area contributed by atoms with E-state index in [-0.39, 0.29) is 23.5 Å². The highest BCUT2D eigenvalue weighted by molar-refractivity contribution is 7.07. The van der Waals surface area contributed by atoms with E-state index in [1.165, 1.54) is 16.7 Å². The highest BCUT2D eigenvalue weighted by Gasteiger charge is 2.20. The van der Waals surface area contributed by atoms with Crippen LogP contribution in [-0.4, -0.2) is 23.4 Å². The van der Waals surface area contributed by atoms with Crippen molar-refractivity contribution in [1.29, 1.82) is 0 Å². The zero-order valence-electron chi connectivity index (χ0n) is 12.3. The number of thiazole rings is 1. The SMILES string of the molecule is Cc1csc(=O)n1CCC(=O)N(CC(F)F)c1ccc(F)cc1. The van der Waals surface area contributed by atoms with Crippen LogP contribution in [-0.2, 0) is 11.3 Å². The first-order chi connectivity index (χ1) is 10.9. The van der Waals surface area contributed by atoms with Crippen LogP contribution in [0.1, 0.15) is 12.1 Å². The van der Waals surface area contributed by atoms with Gasteiger partial charge in [0.2, 0.25) is 5.91 Å². The molecule has 1 amide bonds. The third kappa shape index (κ3) is 4.44. The number of halogens is 3. The van der Waals surface area contributed by atoms with Crippen LogP contribution in [0.3, 0.4) is 0 Å². The molecule has 0 N–H and O–H groups in total. The van der Waals surface area contributed by atoms with Gasteiger partial charge in [-0.3, -0.25) is 9.59 Å². The quantitative estimate of drug-likeness (QED) is 0.808. The molecular weight excluding hydrogens is 329 g/mol. The molecule has 0 bridgehead atoms. The molecule has 0 atom stereocenters. The number of aryl methyl sites for hydroxylation is 1. The molecule has 0 aliphatic carbocycles. The summed E-state index contributed by atoms with van der Waals surface area (Å²) in [5.41, 5.74) is 0.918. The molecule has 2 rings (SSSR count). The summed E-state index contributed by atoms with van der Waals surface area (Å²) >= 11 is 1.02. The van der Waals surface area contributed by atoms with Crippen LogP contribution in [0.25, 0.3) is 0 Å². The van der Waals surface area contributed by atoms with Crippen molar-refractivity contribution < 1.29 is 18.0 Å². The summed E-state index contributed by atoms with van der Waals surface area (Å²) in [7, 11) is 0. The zero-order chi connectivity index (χ0) is 17.0. The Balaban J connectivity index is 2.13. The van der Waals surface area contributed by atoms with Crippen LogP contribution in [0, 0.1) is 12.7 Å². The van der Waals surface area contributed by atoms with Gasteiger partial charge in [0.25, 0.3) is 6.43 Å². The van der Waals surface area contributed by atoms with Crippen molar-refractivity contribution in [2.24, 2.45) is 0 Å². The number of anilines is 1. The van der Waals surface area contributed by atoms with Crippen LogP contribution < -0.4 is 9.77 Å². The standard InChI is InChI=1S/C15H15F3N2O2S/c1-10-9-23-15(22)19(10)7-6-14(21)20(8-13(17)18)12-4-2-11(16)3-5-12/h2-5,9,13H,6-8H2,1H3. The predicted molar refractivity (Wildman–Crippen MR) is 82.7 cm³/mol. The van der Waals surface area contributed by atoms with Gasteiger partial charge in [-0.25, -0.2) is 13.2 Å². The van der Waals surface area contributed by atoms with E-state index in [9.17, 15) is 22.8 Å². The molecule has 1 aromatic heterocycles. The highest BCUT2D eigenvalue weighted by Crippen LogP contribution is 2.18. The lowest BCUT2D eigenvalue weighted by molar-refractivity contribution is -0.119. The maximum atomic E-state index is 12.9. The summed E-state index contributed by atoms with van der Waals surface area (Å²) in [5.74, 6) is -1.06. The van der Waals surface area contributed by atoms with Crippen LogP contribution in [0.15, 0.2) is 34.4 Å². The fourth-order valence-electron chi connectivity index (χ4n) is 2.13. The Bertz CT molecular complexity index is 725. The number of hydrogen-bond acceptors (Lipinski definition) is 3. The average molecular weight is 344 g/mol. The molecule has 0 saturated carbocycles. The molecule has 0 aliphatic rings. The second kappa shape index (κ2) is 7.45. The average Bonchev–Trinajstić information content (AvgIpc) is 2.82. The lowest BCUT2D eigenvalue weighted by Gasteiger charge is -2.22. The maximum absolute atomic E-state index is 12.9. The number of nitrogens with zero attached hydrogens (tertiary/aromatic N) is 2. The molecule has 23 heavy (non-hydrogen) atoms. The van der Waals surface area contributed by atoms with E-state index >= 15 is 0 Å². The molecule has 0 spiro atoms. The van der Waals surface area contributed by atoms with Gasteiger partial charge >= 0.3 is 4.87 Å². The Hall–Kier alpha value is -2.09. The Morgan fingerprint density at radius 2 is 1.96 bits per heavy atom. The lowest BCUT2D eigenvalue weighted by atomic mass is 10.2. The molecule has 0 unspecified atom stereocenters. The third-order valence-corrected chi connectivity index (χ3v) is 4.17. The molecule has 0 aliphatic heterocycles. The number of carbonyl (C=O) groups excluding carboxylic acids is 1. The van der Waals surface area contributed by atoms with Crippen molar-refractivity contribution in [2.45, 2.75) is 26.3 Å². The van der Waals surface area contributed by atoms with Gasteiger partial charge in [-0.15, -0.1) is 0 Å². The third-order valence-electron chi connectivity index (χ3n) is 3.29. The molecule has 1 aromatic carbocycles. The minimum atomic E-state index is -2.71. The maximum Gasteiger partial charge on any atom is 0.307 e. The van der Waals surface area contributed by atoms with Crippen LogP contribution in [0.2, 0.25) is 0 Å². The first-order valence-corrected chi connectivity index (χ1v) is 7.75. The molecule has 0 radical (unpaired) electrons. The van der Waals surface area contributed by atoms with E-state index in [1.807, 2.05) is 0 Å². The Labute approximate surface area is 134 Å². The molecule has 8 heteroatoms. The molecule has 0 fully saturated rings. The van der Waals surface area contributed by atoms with E-state index in [1.54, 1.807) is 12.3 Å². The monoisotopic (exact) mass is 344 g/mol. The van der Waals surface area contributed by atoms with Gasteiger partial charge in [0.1, 0.15) is 5.82 Å². The number of benzene rings is 1. The van der Waals surface area contributed by atoms with Crippen LogP contribution >= 0.6 is 11.3 Å². The summed E-state index contributed by atoms with van der Waals surface area (Å²) in [6, 6.07) is 4.76. The molecule has 2 aromatic rings. The summed E-state index contributed by atoms with van der Waals surface area (Å²) < 4.78 is 39.8. The zero-order valence-corrected chi connectivity index (χ0v) is 13.2. The summed E-state index contributed by atoms with van der Waals surface area (Å²) in [4.78, 5) is 24.6. The van der Waals surface area contributed by atoms with Crippen molar-refractivity contribution in [3.8, 4) is 0 Å².